The summed E-state index contributed by atoms with van der Waals surface area (Å²) >= 11 is 1.50. The Labute approximate surface area is 160 Å². The number of thiazole rings is 1. The number of carbonyl (C=O) groups is 1. The number of piperazine rings is 1. The van der Waals surface area contributed by atoms with Gasteiger partial charge in [0.1, 0.15) is 10.5 Å². The fraction of sp³-hybridized carbons (Fsp3) is 0.353. The Hall–Kier alpha value is -2.46. The maximum absolute atomic E-state index is 12.2. The van der Waals surface area contributed by atoms with Crippen LogP contribution in [0.4, 0.5) is 10.8 Å². The van der Waals surface area contributed by atoms with Crippen molar-refractivity contribution in [3.8, 4) is 10.6 Å². The quantitative estimate of drug-likeness (QED) is 0.716. The number of aromatic nitrogens is 2. The molecule has 2 bridgehead atoms. The zero-order chi connectivity index (χ0) is 18.7. The van der Waals surface area contributed by atoms with E-state index in [4.69, 9.17) is 4.42 Å². The first-order valence-corrected chi connectivity index (χ1v) is 10.9. The monoisotopic (exact) mass is 404 g/mol. The zero-order valence-corrected chi connectivity index (χ0v) is 16.0. The number of nitrogens with zero attached hydrogens (tertiary/aromatic N) is 4. The Kier molecular flexibility index (Phi) is 3.73. The van der Waals surface area contributed by atoms with Crippen LogP contribution in [-0.4, -0.2) is 61.7 Å². The first kappa shape index (κ1) is 16.7. The van der Waals surface area contributed by atoms with Gasteiger partial charge in [-0.1, -0.05) is 0 Å². The van der Waals surface area contributed by atoms with E-state index in [1.165, 1.54) is 16.2 Å². The molecule has 0 radical (unpaired) electrons. The molecule has 5 heterocycles. The molecule has 0 spiro atoms. The van der Waals surface area contributed by atoms with Gasteiger partial charge in [0.2, 0.25) is 0 Å². The van der Waals surface area contributed by atoms with Crippen LogP contribution in [0.5, 0.6) is 0 Å². The van der Waals surface area contributed by atoms with Gasteiger partial charge in [0.05, 0.1) is 33.3 Å². The molecule has 8 nitrogen and oxygen atoms in total. The molecule has 10 heteroatoms. The molecule has 140 valence electrons. The number of benzene rings is 1. The molecule has 6 rings (SSSR count). The minimum absolute atomic E-state index is 0.0329. The van der Waals surface area contributed by atoms with Crippen molar-refractivity contribution in [2.75, 3.05) is 24.2 Å². The van der Waals surface area contributed by atoms with E-state index in [1.807, 2.05) is 16.3 Å². The second-order valence-electron chi connectivity index (χ2n) is 6.71. The van der Waals surface area contributed by atoms with Crippen LogP contribution in [0.2, 0.25) is 0 Å². The molecule has 3 atom stereocenters. The highest BCUT2D eigenvalue weighted by Crippen LogP contribution is 2.39. The Morgan fingerprint density at radius 1 is 1.37 bits per heavy atom. The predicted octanol–water partition coefficient (Wildman–Crippen LogP) is 2.63. The largest absolute Gasteiger partial charge is 0.465 e. The summed E-state index contributed by atoms with van der Waals surface area (Å²) in [6.07, 6.45) is 3.35. The molecule has 3 fully saturated rings. The Balaban J connectivity index is 1.57. The van der Waals surface area contributed by atoms with E-state index >= 15 is 0 Å². The first-order valence-electron chi connectivity index (χ1n) is 8.46. The van der Waals surface area contributed by atoms with Crippen molar-refractivity contribution in [3.05, 3.63) is 23.7 Å². The average molecular weight is 404 g/mol. The summed E-state index contributed by atoms with van der Waals surface area (Å²) in [4.78, 5) is 24.4. The van der Waals surface area contributed by atoms with E-state index in [1.54, 1.807) is 18.5 Å². The molecule has 3 aliphatic heterocycles. The number of amides is 1. The van der Waals surface area contributed by atoms with E-state index in [0.29, 0.717) is 35.1 Å². The van der Waals surface area contributed by atoms with Gasteiger partial charge in [0.25, 0.3) is 6.01 Å². The third-order valence-electron chi connectivity index (χ3n) is 5.15. The van der Waals surface area contributed by atoms with Crippen molar-refractivity contribution in [1.29, 1.82) is 0 Å². The third-order valence-corrected chi connectivity index (χ3v) is 6.91. The summed E-state index contributed by atoms with van der Waals surface area (Å²) in [5.41, 5.74) is 1.97. The summed E-state index contributed by atoms with van der Waals surface area (Å²) in [6.45, 7) is 1.10. The topological polar surface area (TPSA) is 99.8 Å². The number of anilines is 1. The second kappa shape index (κ2) is 6.03. The fourth-order valence-corrected chi connectivity index (χ4v) is 5.27. The lowest BCUT2D eigenvalue weighted by Crippen LogP contribution is -2.70. The smallest absolute Gasteiger partial charge is 0.407 e. The molecule has 1 N–H and O–H groups in total. The van der Waals surface area contributed by atoms with Crippen LogP contribution in [0.15, 0.2) is 33.0 Å². The molecule has 3 aliphatic rings. The molecule has 3 unspecified atom stereocenters. The van der Waals surface area contributed by atoms with Crippen molar-refractivity contribution in [2.45, 2.75) is 23.4 Å². The molecule has 0 saturated carbocycles. The van der Waals surface area contributed by atoms with Crippen molar-refractivity contribution in [1.82, 2.24) is 14.9 Å². The molecule has 2 aromatic heterocycles. The van der Waals surface area contributed by atoms with Crippen molar-refractivity contribution < 1.29 is 18.5 Å². The van der Waals surface area contributed by atoms with Crippen LogP contribution < -0.4 is 4.90 Å². The Morgan fingerprint density at radius 2 is 2.15 bits per heavy atom. The number of piperidine rings is 1. The van der Waals surface area contributed by atoms with Gasteiger partial charge in [-0.2, -0.15) is 4.98 Å². The lowest BCUT2D eigenvalue weighted by Gasteiger charge is -2.54. The van der Waals surface area contributed by atoms with E-state index in [9.17, 15) is 14.1 Å². The molecular formula is C17H16N4O4S2. The lowest BCUT2D eigenvalue weighted by atomic mass is 9.88. The molecular weight excluding hydrogens is 388 g/mol. The van der Waals surface area contributed by atoms with Crippen molar-refractivity contribution in [3.63, 3.8) is 0 Å². The van der Waals surface area contributed by atoms with Gasteiger partial charge in [-0.15, -0.1) is 11.3 Å². The fourth-order valence-electron chi connectivity index (χ4n) is 3.94. The van der Waals surface area contributed by atoms with Gasteiger partial charge in [-0.25, -0.2) is 9.78 Å². The number of hydrogen-bond donors (Lipinski definition) is 1. The minimum atomic E-state index is -1.20. The maximum Gasteiger partial charge on any atom is 0.407 e. The van der Waals surface area contributed by atoms with Gasteiger partial charge in [0.15, 0.2) is 5.58 Å². The zero-order valence-electron chi connectivity index (χ0n) is 14.4. The molecule has 3 aromatic rings. The Morgan fingerprint density at radius 3 is 2.78 bits per heavy atom. The standard InChI is InChI=1S/C17H16N4O4S2/c1-27(24)12-3-2-11(15-18-4-5-26-15)14-13(12)19-16(25-14)20-7-9-6-10(8-20)21(9)17(22)23/h2-5,9-10H,6-8H2,1H3,(H,22,23). The van der Waals surface area contributed by atoms with E-state index in [0.717, 1.165) is 17.0 Å². The number of fused-ring (bicyclic) bond motifs is 3. The van der Waals surface area contributed by atoms with Crippen molar-refractivity contribution >= 4 is 45.3 Å². The van der Waals surface area contributed by atoms with Crippen LogP contribution in [-0.2, 0) is 10.8 Å². The van der Waals surface area contributed by atoms with Gasteiger partial charge in [-0.05, 0) is 18.6 Å². The number of rotatable bonds is 3. The van der Waals surface area contributed by atoms with Crippen LogP contribution in [0.1, 0.15) is 6.42 Å². The van der Waals surface area contributed by atoms with E-state index < -0.39 is 16.9 Å². The highest BCUT2D eigenvalue weighted by Gasteiger charge is 2.48. The third kappa shape index (κ3) is 2.54. The van der Waals surface area contributed by atoms with Crippen LogP contribution in [0, 0.1) is 0 Å². The maximum atomic E-state index is 12.2. The summed E-state index contributed by atoms with van der Waals surface area (Å²) < 4.78 is 18.2. The minimum Gasteiger partial charge on any atom is -0.465 e. The molecule has 1 aromatic carbocycles. The molecule has 27 heavy (non-hydrogen) atoms. The highest BCUT2D eigenvalue weighted by molar-refractivity contribution is 7.84. The molecule has 0 aliphatic carbocycles. The predicted molar refractivity (Wildman–Crippen MR) is 102 cm³/mol. The van der Waals surface area contributed by atoms with E-state index in [-0.39, 0.29) is 12.1 Å². The van der Waals surface area contributed by atoms with Gasteiger partial charge < -0.3 is 14.4 Å². The lowest BCUT2D eigenvalue weighted by molar-refractivity contribution is 0.0101. The first-order chi connectivity index (χ1) is 13.0. The Bertz CT molecular complexity index is 1050. The summed E-state index contributed by atoms with van der Waals surface area (Å²) in [5, 5.41) is 12.0. The summed E-state index contributed by atoms with van der Waals surface area (Å²) in [5.74, 6) is 0. The van der Waals surface area contributed by atoms with Gasteiger partial charge in [0, 0.05) is 30.9 Å². The van der Waals surface area contributed by atoms with Crippen molar-refractivity contribution in [2.24, 2.45) is 0 Å². The number of hydrogen-bond acceptors (Lipinski definition) is 7. The molecule has 1 amide bonds. The number of carboxylic acid groups (broad SMARTS) is 1. The summed E-state index contributed by atoms with van der Waals surface area (Å²) in [6, 6.07) is 4.05. The van der Waals surface area contributed by atoms with Gasteiger partial charge >= 0.3 is 6.09 Å². The normalized spacial score (nSPS) is 22.7. The van der Waals surface area contributed by atoms with Gasteiger partial charge in [-0.3, -0.25) is 9.11 Å². The SMILES string of the molecule is CS(=O)c1ccc(-c2nccs2)c2oc(N3CC4CC(C3)N4C(=O)O)nc12. The van der Waals surface area contributed by atoms with Crippen LogP contribution >= 0.6 is 11.3 Å². The van der Waals surface area contributed by atoms with Crippen LogP contribution in [0.25, 0.3) is 21.7 Å². The highest BCUT2D eigenvalue weighted by atomic mass is 32.2. The number of oxazole rings is 1. The summed E-state index contributed by atoms with van der Waals surface area (Å²) in [7, 11) is -1.20. The van der Waals surface area contributed by atoms with E-state index in [2.05, 4.69) is 9.97 Å². The molecule has 3 saturated heterocycles. The second-order valence-corrected chi connectivity index (χ2v) is 8.96. The average Bonchev–Trinajstić information content (AvgIpc) is 3.30. The van der Waals surface area contributed by atoms with Crippen LogP contribution in [0.3, 0.4) is 0 Å².